The van der Waals surface area contributed by atoms with E-state index in [1.165, 1.54) is 12.1 Å². The first kappa shape index (κ1) is 15.9. The second kappa shape index (κ2) is 6.35. The van der Waals surface area contributed by atoms with E-state index in [1.807, 2.05) is 13.8 Å². The van der Waals surface area contributed by atoms with Crippen molar-refractivity contribution in [3.8, 4) is 0 Å². The maximum absolute atomic E-state index is 13.0. The van der Waals surface area contributed by atoms with E-state index in [2.05, 4.69) is 5.32 Å². The number of hydrogen-bond acceptors (Lipinski definition) is 2. The zero-order valence-corrected chi connectivity index (χ0v) is 12.2. The highest BCUT2D eigenvalue weighted by atomic mass is 35.5. The Labute approximate surface area is 118 Å². The molecule has 0 radical (unpaired) electrons. The highest BCUT2D eigenvalue weighted by Gasteiger charge is 2.25. The van der Waals surface area contributed by atoms with Crippen molar-refractivity contribution in [2.24, 2.45) is 11.7 Å². The number of rotatable bonds is 5. The smallest absolute Gasteiger partial charge is 0.224 e. The molecule has 0 bridgehead atoms. The van der Waals surface area contributed by atoms with Gasteiger partial charge in [0.2, 0.25) is 5.91 Å². The van der Waals surface area contributed by atoms with Gasteiger partial charge in [-0.3, -0.25) is 4.79 Å². The minimum atomic E-state index is -0.380. The molecule has 0 saturated heterocycles. The molecule has 0 aliphatic heterocycles. The largest absolute Gasteiger partial charge is 0.355 e. The van der Waals surface area contributed by atoms with Crippen LogP contribution in [0.1, 0.15) is 26.3 Å². The summed E-state index contributed by atoms with van der Waals surface area (Å²) >= 11 is 6.05. The molecule has 0 fully saturated rings. The van der Waals surface area contributed by atoms with E-state index in [0.717, 1.165) is 5.56 Å². The lowest BCUT2D eigenvalue weighted by Gasteiger charge is -2.27. The molecule has 106 valence electrons. The van der Waals surface area contributed by atoms with E-state index in [9.17, 15) is 9.18 Å². The molecule has 0 aliphatic carbocycles. The second-order valence-corrected chi connectivity index (χ2v) is 5.77. The number of nitrogens with one attached hydrogen (secondary N) is 1. The number of amides is 1. The van der Waals surface area contributed by atoms with Crippen LogP contribution in [0.25, 0.3) is 0 Å². The van der Waals surface area contributed by atoms with E-state index < -0.39 is 0 Å². The first-order valence-electron chi connectivity index (χ1n) is 6.21. The third-order valence-electron chi connectivity index (χ3n) is 3.17. The summed E-state index contributed by atoms with van der Waals surface area (Å²) in [5.74, 6) is -0.682. The quantitative estimate of drug-likeness (QED) is 0.874. The number of carbonyl (C=O) groups excluding carboxylic acids is 1. The van der Waals surface area contributed by atoms with Gasteiger partial charge in [-0.2, -0.15) is 0 Å². The van der Waals surface area contributed by atoms with Gasteiger partial charge in [-0.1, -0.05) is 38.4 Å². The average molecular weight is 287 g/mol. The van der Waals surface area contributed by atoms with Crippen molar-refractivity contribution in [3.63, 3.8) is 0 Å². The summed E-state index contributed by atoms with van der Waals surface area (Å²) in [4.78, 5) is 11.7. The third-order valence-corrected chi connectivity index (χ3v) is 3.48. The molecule has 0 aromatic heterocycles. The summed E-state index contributed by atoms with van der Waals surface area (Å²) in [6.45, 7) is 6.39. The lowest BCUT2D eigenvalue weighted by molar-refractivity contribution is -0.124. The molecular weight excluding hydrogens is 267 g/mol. The monoisotopic (exact) mass is 286 g/mol. The molecule has 3 N–H and O–H groups in total. The van der Waals surface area contributed by atoms with Gasteiger partial charge in [0, 0.05) is 29.4 Å². The molecule has 1 rings (SSSR count). The Morgan fingerprint density at radius 2 is 2.16 bits per heavy atom. The molecule has 0 heterocycles. The predicted molar refractivity (Wildman–Crippen MR) is 75.7 cm³/mol. The molecule has 1 atom stereocenters. The highest BCUT2D eigenvalue weighted by Crippen LogP contribution is 2.29. The predicted octanol–water partition coefficient (Wildman–Crippen LogP) is 2.47. The Bertz CT molecular complexity index is 463. The maximum Gasteiger partial charge on any atom is 0.224 e. The second-order valence-electron chi connectivity index (χ2n) is 5.36. The average Bonchev–Trinajstić information content (AvgIpc) is 2.34. The van der Waals surface area contributed by atoms with Crippen LogP contribution in [0.3, 0.4) is 0 Å². The van der Waals surface area contributed by atoms with Gasteiger partial charge in [0.1, 0.15) is 5.82 Å². The number of halogens is 2. The summed E-state index contributed by atoms with van der Waals surface area (Å²) in [6, 6.07) is 4.30. The molecule has 0 saturated carbocycles. The fraction of sp³-hybridized carbons (Fsp3) is 0.500. The van der Waals surface area contributed by atoms with Gasteiger partial charge in [0.15, 0.2) is 0 Å². The minimum Gasteiger partial charge on any atom is -0.355 e. The van der Waals surface area contributed by atoms with Crippen molar-refractivity contribution >= 4 is 17.5 Å². The van der Waals surface area contributed by atoms with Crippen LogP contribution in [0, 0.1) is 11.7 Å². The summed E-state index contributed by atoms with van der Waals surface area (Å²) < 4.78 is 13.0. The van der Waals surface area contributed by atoms with Crippen LogP contribution in [0.15, 0.2) is 18.2 Å². The van der Waals surface area contributed by atoms with Gasteiger partial charge in [-0.05, 0) is 17.7 Å². The van der Waals surface area contributed by atoms with Gasteiger partial charge in [0.25, 0.3) is 0 Å². The van der Waals surface area contributed by atoms with E-state index in [1.54, 1.807) is 13.0 Å². The Balaban J connectivity index is 2.78. The zero-order valence-electron chi connectivity index (χ0n) is 11.5. The summed E-state index contributed by atoms with van der Waals surface area (Å²) in [5.41, 5.74) is 5.86. The SMILES string of the molecule is CC(CN)C(=O)NCC(C)(C)c1ccc(F)cc1Cl. The molecule has 1 unspecified atom stereocenters. The van der Waals surface area contributed by atoms with Crippen molar-refractivity contribution in [3.05, 3.63) is 34.6 Å². The molecule has 1 amide bonds. The number of nitrogens with two attached hydrogens (primary N) is 1. The first-order chi connectivity index (χ1) is 8.77. The van der Waals surface area contributed by atoms with Crippen LogP contribution in [0.2, 0.25) is 5.02 Å². The molecule has 0 spiro atoms. The standard InChI is InChI=1S/C14H20ClFN2O/c1-9(7-17)13(19)18-8-14(2,3)11-5-4-10(16)6-12(11)15/h4-6,9H,7-8,17H2,1-3H3,(H,18,19). The van der Waals surface area contributed by atoms with Crippen LogP contribution in [0.5, 0.6) is 0 Å². The van der Waals surface area contributed by atoms with Gasteiger partial charge < -0.3 is 11.1 Å². The van der Waals surface area contributed by atoms with Crippen LogP contribution in [0.4, 0.5) is 4.39 Å². The molecular formula is C14H20ClFN2O. The van der Waals surface area contributed by atoms with Crippen molar-refractivity contribution in [2.75, 3.05) is 13.1 Å². The van der Waals surface area contributed by atoms with Crippen LogP contribution < -0.4 is 11.1 Å². The topological polar surface area (TPSA) is 55.1 Å². The van der Waals surface area contributed by atoms with Crippen molar-refractivity contribution in [2.45, 2.75) is 26.2 Å². The summed E-state index contributed by atoms with van der Waals surface area (Å²) in [6.07, 6.45) is 0. The van der Waals surface area contributed by atoms with Crippen LogP contribution in [-0.2, 0) is 10.2 Å². The minimum absolute atomic E-state index is 0.0891. The molecule has 1 aromatic carbocycles. The fourth-order valence-corrected chi connectivity index (χ4v) is 2.15. The van der Waals surface area contributed by atoms with Crippen molar-refractivity contribution < 1.29 is 9.18 Å². The molecule has 3 nitrogen and oxygen atoms in total. The van der Waals surface area contributed by atoms with E-state index in [0.29, 0.717) is 18.1 Å². The maximum atomic E-state index is 13.0. The highest BCUT2D eigenvalue weighted by molar-refractivity contribution is 6.31. The Kier molecular flexibility index (Phi) is 5.32. The number of carbonyl (C=O) groups is 1. The number of hydrogen-bond donors (Lipinski definition) is 2. The summed E-state index contributed by atoms with van der Waals surface area (Å²) in [5, 5.41) is 3.21. The van der Waals surface area contributed by atoms with Crippen LogP contribution >= 0.6 is 11.6 Å². The van der Waals surface area contributed by atoms with Crippen molar-refractivity contribution in [1.82, 2.24) is 5.32 Å². The van der Waals surface area contributed by atoms with E-state index in [4.69, 9.17) is 17.3 Å². The van der Waals surface area contributed by atoms with Gasteiger partial charge in [0.05, 0.1) is 0 Å². The van der Waals surface area contributed by atoms with Crippen molar-refractivity contribution in [1.29, 1.82) is 0 Å². The summed E-state index contributed by atoms with van der Waals surface area (Å²) in [7, 11) is 0. The molecule has 1 aromatic rings. The Morgan fingerprint density at radius 1 is 1.53 bits per heavy atom. The Hall–Kier alpha value is -1.13. The molecule has 0 aliphatic rings. The zero-order chi connectivity index (χ0) is 14.6. The Morgan fingerprint density at radius 3 is 2.68 bits per heavy atom. The van der Waals surface area contributed by atoms with Gasteiger partial charge >= 0.3 is 0 Å². The lowest BCUT2D eigenvalue weighted by atomic mass is 9.84. The molecule has 5 heteroatoms. The normalized spacial score (nSPS) is 13.2. The van der Waals surface area contributed by atoms with E-state index >= 15 is 0 Å². The lowest BCUT2D eigenvalue weighted by Crippen LogP contribution is -2.40. The van der Waals surface area contributed by atoms with Gasteiger partial charge in [-0.15, -0.1) is 0 Å². The fourth-order valence-electron chi connectivity index (χ4n) is 1.72. The van der Waals surface area contributed by atoms with Crippen LogP contribution in [-0.4, -0.2) is 19.0 Å². The first-order valence-corrected chi connectivity index (χ1v) is 6.59. The number of benzene rings is 1. The molecule has 19 heavy (non-hydrogen) atoms. The van der Waals surface area contributed by atoms with Gasteiger partial charge in [-0.25, -0.2) is 4.39 Å². The third kappa shape index (κ3) is 4.18. The van der Waals surface area contributed by atoms with E-state index in [-0.39, 0.29) is 23.1 Å².